The van der Waals surface area contributed by atoms with Gasteiger partial charge in [0.2, 0.25) is 0 Å². The van der Waals surface area contributed by atoms with E-state index < -0.39 is 0 Å². The molecule has 1 N–H and O–H groups in total. The van der Waals surface area contributed by atoms with Crippen LogP contribution in [0.4, 0.5) is 0 Å². The molecule has 0 radical (unpaired) electrons. The fourth-order valence-corrected chi connectivity index (χ4v) is 2.66. The van der Waals surface area contributed by atoms with Crippen LogP contribution in [0, 0.1) is 5.92 Å². The van der Waals surface area contributed by atoms with Gasteiger partial charge in [0, 0.05) is 6.04 Å². The van der Waals surface area contributed by atoms with Gasteiger partial charge < -0.3 is 5.32 Å². The van der Waals surface area contributed by atoms with Gasteiger partial charge in [0.25, 0.3) is 0 Å². The Labute approximate surface area is 92.9 Å². The largest absolute Gasteiger partial charge is 0.316 e. The molecule has 1 nitrogen and oxygen atoms in total. The minimum atomic E-state index is 0.626. The highest BCUT2D eigenvalue weighted by Crippen LogP contribution is 2.35. The van der Waals surface area contributed by atoms with Gasteiger partial charge >= 0.3 is 0 Å². The van der Waals surface area contributed by atoms with Crippen molar-refractivity contribution in [3.8, 4) is 0 Å². The molecule has 0 amide bonds. The summed E-state index contributed by atoms with van der Waals surface area (Å²) >= 11 is 0. The molecule has 1 aliphatic carbocycles. The minimum absolute atomic E-state index is 0.626. The van der Waals surface area contributed by atoms with E-state index in [0.29, 0.717) is 12.0 Å². The first-order valence-corrected chi connectivity index (χ1v) is 6.05. The summed E-state index contributed by atoms with van der Waals surface area (Å²) in [6.07, 6.45) is 4.23. The van der Waals surface area contributed by atoms with Crippen molar-refractivity contribution in [3.63, 3.8) is 0 Å². The van der Waals surface area contributed by atoms with Crippen LogP contribution < -0.4 is 5.32 Å². The number of likely N-dealkylation sites (N-methyl/N-ethyl adjacent to an activating group) is 1. The molecule has 0 spiro atoms. The van der Waals surface area contributed by atoms with E-state index in [1.165, 1.54) is 24.8 Å². The minimum Gasteiger partial charge on any atom is -0.316 e. The van der Waals surface area contributed by atoms with Gasteiger partial charge in [0.05, 0.1) is 0 Å². The molecule has 0 aromatic heterocycles. The van der Waals surface area contributed by atoms with Gasteiger partial charge in [-0.05, 0) is 37.3 Å². The maximum atomic E-state index is 3.50. The number of rotatable bonds is 4. The van der Waals surface area contributed by atoms with Crippen LogP contribution in [0.25, 0.3) is 0 Å². The fourth-order valence-electron chi connectivity index (χ4n) is 2.66. The Morgan fingerprint density at radius 2 is 1.87 bits per heavy atom. The summed E-state index contributed by atoms with van der Waals surface area (Å²) < 4.78 is 0. The standard InChI is InChI=1S/C14H21N/c1-11(12-7-4-3-5-8-12)14(15-2)13-9-6-10-13/h3-5,7-8,11,13-15H,6,9-10H2,1-2H3. The maximum absolute atomic E-state index is 3.50. The lowest BCUT2D eigenvalue weighted by Gasteiger charge is -2.37. The second-order valence-corrected chi connectivity index (χ2v) is 4.70. The zero-order valence-electron chi connectivity index (χ0n) is 9.74. The van der Waals surface area contributed by atoms with Crippen LogP contribution in [-0.4, -0.2) is 13.1 Å². The van der Waals surface area contributed by atoms with Crippen LogP contribution in [0.15, 0.2) is 30.3 Å². The second-order valence-electron chi connectivity index (χ2n) is 4.70. The molecular weight excluding hydrogens is 182 g/mol. The van der Waals surface area contributed by atoms with E-state index in [9.17, 15) is 0 Å². The lowest BCUT2D eigenvalue weighted by atomic mass is 9.74. The van der Waals surface area contributed by atoms with Gasteiger partial charge in [0.15, 0.2) is 0 Å². The van der Waals surface area contributed by atoms with Crippen molar-refractivity contribution in [2.24, 2.45) is 5.92 Å². The summed E-state index contributed by atoms with van der Waals surface area (Å²) in [7, 11) is 2.10. The van der Waals surface area contributed by atoms with Crippen molar-refractivity contribution >= 4 is 0 Å². The second kappa shape index (κ2) is 4.80. The molecule has 0 heterocycles. The first kappa shape index (κ1) is 10.7. The third kappa shape index (κ3) is 2.23. The summed E-state index contributed by atoms with van der Waals surface area (Å²) in [6, 6.07) is 11.5. The predicted octanol–water partition coefficient (Wildman–Crippen LogP) is 3.18. The molecule has 15 heavy (non-hydrogen) atoms. The lowest BCUT2D eigenvalue weighted by Crippen LogP contribution is -2.41. The van der Waals surface area contributed by atoms with E-state index >= 15 is 0 Å². The fraction of sp³-hybridized carbons (Fsp3) is 0.571. The molecule has 1 aromatic carbocycles. The van der Waals surface area contributed by atoms with E-state index in [4.69, 9.17) is 0 Å². The molecule has 82 valence electrons. The highest BCUT2D eigenvalue weighted by molar-refractivity contribution is 5.21. The third-order valence-electron chi connectivity index (χ3n) is 3.86. The molecule has 1 aliphatic rings. The van der Waals surface area contributed by atoms with Gasteiger partial charge in [-0.2, -0.15) is 0 Å². The Bertz CT molecular complexity index is 289. The van der Waals surface area contributed by atoms with Gasteiger partial charge in [0.1, 0.15) is 0 Å². The predicted molar refractivity (Wildman–Crippen MR) is 65.0 cm³/mol. The highest BCUT2D eigenvalue weighted by Gasteiger charge is 2.30. The van der Waals surface area contributed by atoms with Crippen molar-refractivity contribution in [2.45, 2.75) is 38.1 Å². The van der Waals surface area contributed by atoms with E-state index in [2.05, 4.69) is 49.6 Å². The van der Waals surface area contributed by atoms with Crippen molar-refractivity contribution < 1.29 is 0 Å². The van der Waals surface area contributed by atoms with Crippen LogP contribution in [0.2, 0.25) is 0 Å². The number of benzene rings is 1. The summed E-state index contributed by atoms with van der Waals surface area (Å²) in [5.41, 5.74) is 1.46. The van der Waals surface area contributed by atoms with Crippen LogP contribution in [0.1, 0.15) is 37.7 Å². The third-order valence-corrected chi connectivity index (χ3v) is 3.86. The maximum Gasteiger partial charge on any atom is 0.0158 e. The molecule has 1 saturated carbocycles. The molecule has 1 fully saturated rings. The quantitative estimate of drug-likeness (QED) is 0.792. The normalized spacial score (nSPS) is 20.7. The van der Waals surface area contributed by atoms with Crippen LogP contribution in [0.5, 0.6) is 0 Å². The first-order chi connectivity index (χ1) is 7.33. The molecule has 0 bridgehead atoms. The van der Waals surface area contributed by atoms with Crippen molar-refractivity contribution in [3.05, 3.63) is 35.9 Å². The van der Waals surface area contributed by atoms with Crippen molar-refractivity contribution in [2.75, 3.05) is 7.05 Å². The first-order valence-electron chi connectivity index (χ1n) is 6.05. The topological polar surface area (TPSA) is 12.0 Å². The van der Waals surface area contributed by atoms with E-state index in [1.807, 2.05) is 0 Å². The van der Waals surface area contributed by atoms with Crippen LogP contribution >= 0.6 is 0 Å². The summed E-state index contributed by atoms with van der Waals surface area (Å²) in [5.74, 6) is 1.52. The Hall–Kier alpha value is -0.820. The van der Waals surface area contributed by atoms with Crippen molar-refractivity contribution in [1.82, 2.24) is 5.32 Å². The Morgan fingerprint density at radius 1 is 1.20 bits per heavy atom. The van der Waals surface area contributed by atoms with Gasteiger partial charge in [-0.1, -0.05) is 43.7 Å². The molecule has 0 saturated heterocycles. The molecule has 2 unspecified atom stereocenters. The number of hydrogen-bond acceptors (Lipinski definition) is 1. The van der Waals surface area contributed by atoms with Crippen molar-refractivity contribution in [1.29, 1.82) is 0 Å². The summed E-state index contributed by atoms with van der Waals surface area (Å²) in [5, 5.41) is 3.50. The van der Waals surface area contributed by atoms with E-state index in [1.54, 1.807) is 0 Å². The molecule has 2 atom stereocenters. The SMILES string of the molecule is CNC(C1CCC1)C(C)c1ccccc1. The monoisotopic (exact) mass is 203 g/mol. The Kier molecular flexibility index (Phi) is 3.42. The summed E-state index contributed by atoms with van der Waals surface area (Å²) in [6.45, 7) is 2.34. The highest BCUT2D eigenvalue weighted by atomic mass is 14.9. The average molecular weight is 203 g/mol. The molecule has 1 heteroatoms. The van der Waals surface area contributed by atoms with Gasteiger partial charge in [-0.3, -0.25) is 0 Å². The molecule has 0 aliphatic heterocycles. The number of hydrogen-bond donors (Lipinski definition) is 1. The summed E-state index contributed by atoms with van der Waals surface area (Å²) in [4.78, 5) is 0. The lowest BCUT2D eigenvalue weighted by molar-refractivity contribution is 0.216. The Balaban J connectivity index is 2.07. The zero-order valence-corrected chi connectivity index (χ0v) is 9.74. The molecular formula is C14H21N. The number of nitrogens with one attached hydrogen (secondary N) is 1. The average Bonchev–Trinajstić information content (AvgIpc) is 2.23. The zero-order chi connectivity index (χ0) is 10.7. The molecule has 2 rings (SSSR count). The van der Waals surface area contributed by atoms with E-state index in [-0.39, 0.29) is 0 Å². The van der Waals surface area contributed by atoms with Crippen LogP contribution in [-0.2, 0) is 0 Å². The smallest absolute Gasteiger partial charge is 0.0158 e. The van der Waals surface area contributed by atoms with Crippen LogP contribution in [0.3, 0.4) is 0 Å². The van der Waals surface area contributed by atoms with Gasteiger partial charge in [-0.15, -0.1) is 0 Å². The van der Waals surface area contributed by atoms with Gasteiger partial charge in [-0.25, -0.2) is 0 Å². The Morgan fingerprint density at radius 3 is 2.33 bits per heavy atom. The van der Waals surface area contributed by atoms with E-state index in [0.717, 1.165) is 5.92 Å². The molecule has 1 aromatic rings.